The molecule has 0 aromatic heterocycles. The fourth-order valence-corrected chi connectivity index (χ4v) is 4.71. The highest BCUT2D eigenvalue weighted by atomic mass is 16.6. The van der Waals surface area contributed by atoms with Crippen molar-refractivity contribution in [3.63, 3.8) is 0 Å². The van der Waals surface area contributed by atoms with Gasteiger partial charge in [-0.2, -0.15) is 0 Å². The number of alkyl carbamates (subject to hydrolysis) is 1. The molecule has 0 fully saturated rings. The Balaban J connectivity index is 2.14. The molecule has 0 unspecified atom stereocenters. The van der Waals surface area contributed by atoms with Crippen molar-refractivity contribution in [2.24, 2.45) is 0 Å². The van der Waals surface area contributed by atoms with Crippen LogP contribution in [0.5, 0.6) is 11.5 Å². The Labute approximate surface area is 256 Å². The summed E-state index contributed by atoms with van der Waals surface area (Å²) < 4.78 is 21.4. The van der Waals surface area contributed by atoms with E-state index in [1.165, 1.54) is 40.2 Å². The molecule has 2 aromatic rings. The molecule has 0 radical (unpaired) electrons. The summed E-state index contributed by atoms with van der Waals surface area (Å²) >= 11 is 0. The summed E-state index contributed by atoms with van der Waals surface area (Å²) in [5.41, 5.74) is 1.46. The van der Waals surface area contributed by atoms with Gasteiger partial charge in [0.25, 0.3) is 0 Å². The highest BCUT2D eigenvalue weighted by Crippen LogP contribution is 2.39. The van der Waals surface area contributed by atoms with Crippen molar-refractivity contribution < 1.29 is 42.9 Å². The van der Waals surface area contributed by atoms with Crippen molar-refractivity contribution in [1.82, 2.24) is 20.9 Å². The maximum absolute atomic E-state index is 13.8. The number of carbonyl (C=O) groups is 5. The van der Waals surface area contributed by atoms with Gasteiger partial charge in [0, 0.05) is 24.6 Å². The van der Waals surface area contributed by atoms with E-state index in [1.54, 1.807) is 57.2 Å². The first-order chi connectivity index (χ1) is 20.7. The van der Waals surface area contributed by atoms with Crippen LogP contribution < -0.4 is 25.4 Å². The smallest absolute Gasteiger partial charge is 0.408 e. The molecule has 2 aromatic carbocycles. The average Bonchev–Trinajstić information content (AvgIpc) is 2.97. The summed E-state index contributed by atoms with van der Waals surface area (Å²) in [7, 11) is 5.64. The summed E-state index contributed by atoms with van der Waals surface area (Å²) in [5, 5.41) is 7.71. The maximum Gasteiger partial charge on any atom is 0.408 e. The normalized spacial score (nSPS) is 18.5. The summed E-state index contributed by atoms with van der Waals surface area (Å²) in [6.07, 6.45) is -0.693. The molecule has 3 atom stereocenters. The third-order valence-electron chi connectivity index (χ3n) is 6.90. The molecule has 0 aliphatic carbocycles. The van der Waals surface area contributed by atoms with E-state index in [4.69, 9.17) is 18.9 Å². The lowest BCUT2D eigenvalue weighted by Crippen LogP contribution is -2.53. The summed E-state index contributed by atoms with van der Waals surface area (Å²) in [5.74, 6) is -1.63. The standard InChI is InChI=1S/C31H40N4O9/c1-17-27(37)34-22(29(39)43-8)14-18-9-11-23(41-6)20(13-18)21-15-19(10-12-24(21)42-7)26(28(38)33-17)35(5)25(36)16-32-30(40)44-31(2,3)4/h9-13,15,17,22,26H,14,16H2,1-8H3,(H,32,40)(H,33,38)(H,34,37)/t17-,22-,26-/m0/s1. The maximum atomic E-state index is 13.8. The molecule has 4 amide bonds. The van der Waals surface area contributed by atoms with Gasteiger partial charge in [0.05, 0.1) is 21.3 Å². The van der Waals surface area contributed by atoms with Gasteiger partial charge in [-0.25, -0.2) is 9.59 Å². The molecule has 1 heterocycles. The van der Waals surface area contributed by atoms with Crippen molar-refractivity contribution in [1.29, 1.82) is 0 Å². The molecule has 13 nitrogen and oxygen atoms in total. The van der Waals surface area contributed by atoms with E-state index in [2.05, 4.69) is 16.0 Å². The highest BCUT2D eigenvalue weighted by molar-refractivity contribution is 5.95. The number of amides is 4. The molecule has 1 aliphatic rings. The van der Waals surface area contributed by atoms with Crippen LogP contribution >= 0.6 is 0 Å². The predicted octanol–water partition coefficient (Wildman–Crippen LogP) is 2.11. The molecule has 13 heteroatoms. The van der Waals surface area contributed by atoms with E-state index in [9.17, 15) is 24.0 Å². The third kappa shape index (κ3) is 8.17. The summed E-state index contributed by atoms with van der Waals surface area (Å²) in [4.78, 5) is 66.2. The van der Waals surface area contributed by atoms with Gasteiger partial charge in [0.2, 0.25) is 17.7 Å². The van der Waals surface area contributed by atoms with Gasteiger partial charge in [0.1, 0.15) is 41.8 Å². The van der Waals surface area contributed by atoms with Gasteiger partial charge >= 0.3 is 12.1 Å². The van der Waals surface area contributed by atoms with Crippen LogP contribution in [0.15, 0.2) is 36.4 Å². The molecular formula is C31H40N4O9. The van der Waals surface area contributed by atoms with Crippen LogP contribution in [0.25, 0.3) is 11.1 Å². The quantitative estimate of drug-likeness (QED) is 0.415. The number of likely N-dealkylation sites (N-methyl/N-ethyl adjacent to an activating group) is 1. The number of benzene rings is 2. The van der Waals surface area contributed by atoms with Crippen LogP contribution in [0.3, 0.4) is 0 Å². The molecule has 0 saturated carbocycles. The monoisotopic (exact) mass is 612 g/mol. The molecule has 4 bridgehead atoms. The molecule has 1 aliphatic heterocycles. The summed E-state index contributed by atoms with van der Waals surface area (Å²) in [6.45, 7) is 6.08. The second-order valence-electron chi connectivity index (χ2n) is 11.3. The lowest BCUT2D eigenvalue weighted by molar-refractivity contribution is -0.145. The van der Waals surface area contributed by atoms with Crippen LogP contribution in [0.2, 0.25) is 0 Å². The minimum Gasteiger partial charge on any atom is -0.496 e. The van der Waals surface area contributed by atoms with Crippen LogP contribution in [-0.4, -0.2) is 87.3 Å². The molecular weight excluding hydrogens is 572 g/mol. The number of nitrogens with zero attached hydrogens (tertiary/aromatic N) is 1. The first kappa shape index (κ1) is 33.7. The van der Waals surface area contributed by atoms with Crippen molar-refractivity contribution in [2.75, 3.05) is 34.9 Å². The van der Waals surface area contributed by atoms with Crippen LogP contribution in [-0.2, 0) is 35.1 Å². The number of hydrogen-bond donors (Lipinski definition) is 3. The van der Waals surface area contributed by atoms with Crippen molar-refractivity contribution >= 4 is 29.8 Å². The van der Waals surface area contributed by atoms with E-state index in [0.29, 0.717) is 33.8 Å². The van der Waals surface area contributed by atoms with Gasteiger partial charge < -0.3 is 39.8 Å². The van der Waals surface area contributed by atoms with E-state index in [0.717, 1.165) is 0 Å². The van der Waals surface area contributed by atoms with E-state index in [-0.39, 0.29) is 6.42 Å². The minimum atomic E-state index is -1.24. The topological polar surface area (TPSA) is 162 Å². The van der Waals surface area contributed by atoms with Crippen molar-refractivity contribution in [3.8, 4) is 22.6 Å². The van der Waals surface area contributed by atoms with E-state index in [1.807, 2.05) is 0 Å². The van der Waals surface area contributed by atoms with Gasteiger partial charge in [0.15, 0.2) is 0 Å². The summed E-state index contributed by atoms with van der Waals surface area (Å²) in [6, 6.07) is 6.91. The Bertz CT molecular complexity index is 1420. The van der Waals surface area contributed by atoms with Gasteiger partial charge in [-0.3, -0.25) is 14.4 Å². The predicted molar refractivity (Wildman–Crippen MR) is 160 cm³/mol. The SMILES string of the molecule is COC(=O)[C@@H]1Cc2ccc(OC)c(c2)-c2cc(ccc2OC)[C@H](N(C)C(=O)CNC(=O)OC(C)(C)C)C(=O)N[C@@H](C)C(=O)N1. The second-order valence-corrected chi connectivity index (χ2v) is 11.3. The fraction of sp³-hybridized carbons (Fsp3) is 0.452. The third-order valence-corrected chi connectivity index (χ3v) is 6.90. The number of esters is 1. The van der Waals surface area contributed by atoms with Crippen molar-refractivity contribution in [3.05, 3.63) is 47.5 Å². The van der Waals surface area contributed by atoms with Crippen LogP contribution in [0.1, 0.15) is 44.9 Å². The number of hydrogen-bond acceptors (Lipinski definition) is 9. The molecule has 3 N–H and O–H groups in total. The first-order valence-electron chi connectivity index (χ1n) is 13.9. The Morgan fingerprint density at radius 2 is 1.55 bits per heavy atom. The number of rotatable bonds is 6. The number of ether oxygens (including phenoxy) is 4. The highest BCUT2D eigenvalue weighted by Gasteiger charge is 2.33. The van der Waals surface area contributed by atoms with E-state index < -0.39 is 60.1 Å². The Morgan fingerprint density at radius 3 is 2.14 bits per heavy atom. The Kier molecular flexibility index (Phi) is 10.8. The molecule has 0 saturated heterocycles. The second kappa shape index (κ2) is 14.1. The van der Waals surface area contributed by atoms with Crippen molar-refractivity contribution in [2.45, 2.75) is 57.8 Å². The van der Waals surface area contributed by atoms with E-state index >= 15 is 0 Å². The zero-order chi connectivity index (χ0) is 32.8. The van der Waals surface area contributed by atoms with Gasteiger partial charge in [-0.05, 0) is 63.1 Å². The largest absolute Gasteiger partial charge is 0.496 e. The van der Waals surface area contributed by atoms with Crippen LogP contribution in [0.4, 0.5) is 4.79 Å². The number of carbonyl (C=O) groups excluding carboxylic acids is 5. The average molecular weight is 613 g/mol. The van der Waals surface area contributed by atoms with Gasteiger partial charge in [-0.15, -0.1) is 0 Å². The Hall–Kier alpha value is -4.81. The fourth-order valence-electron chi connectivity index (χ4n) is 4.71. The molecule has 44 heavy (non-hydrogen) atoms. The van der Waals surface area contributed by atoms with Crippen LogP contribution in [0, 0.1) is 0 Å². The zero-order valence-electron chi connectivity index (χ0n) is 26.2. The lowest BCUT2D eigenvalue weighted by atomic mass is 9.93. The first-order valence-corrected chi connectivity index (χ1v) is 13.9. The molecule has 0 spiro atoms. The number of methoxy groups -OCH3 is 3. The number of nitrogens with one attached hydrogen (secondary N) is 3. The van der Waals surface area contributed by atoms with Gasteiger partial charge in [-0.1, -0.05) is 12.1 Å². The molecule has 238 valence electrons. The lowest BCUT2D eigenvalue weighted by Gasteiger charge is -2.30. The number of fused-ring (bicyclic) bond motifs is 5. The Morgan fingerprint density at radius 1 is 0.932 bits per heavy atom. The minimum absolute atomic E-state index is 0.0998. The zero-order valence-corrected chi connectivity index (χ0v) is 26.2. The molecule has 3 rings (SSSR count).